The van der Waals surface area contributed by atoms with E-state index in [9.17, 15) is 4.79 Å². The van der Waals surface area contributed by atoms with Crippen LogP contribution in [-0.2, 0) is 20.5 Å². The van der Waals surface area contributed by atoms with Gasteiger partial charge in [-0.1, -0.05) is 47.5 Å². The van der Waals surface area contributed by atoms with E-state index in [-0.39, 0.29) is 17.9 Å². The minimum atomic E-state index is -0.284. The number of aromatic nitrogens is 4. The number of benzene rings is 4. The first kappa shape index (κ1) is 38.2. The summed E-state index contributed by atoms with van der Waals surface area (Å²) < 4.78 is 12.3. The second-order valence-corrected chi connectivity index (χ2v) is 15.9. The first-order valence-electron chi connectivity index (χ1n) is 19.1. The number of aryl methyl sites for hydroxylation is 6. The maximum Gasteiger partial charge on any atom is 0.275 e. The molecule has 57 heavy (non-hydrogen) atoms. The van der Waals surface area contributed by atoms with Gasteiger partial charge in [0.2, 0.25) is 0 Å². The zero-order valence-electron chi connectivity index (χ0n) is 33.1. The molecule has 4 heterocycles. The first-order chi connectivity index (χ1) is 27.3. The van der Waals surface area contributed by atoms with Crippen molar-refractivity contribution in [3.63, 3.8) is 0 Å². The van der Waals surface area contributed by atoms with Crippen LogP contribution in [-0.4, -0.2) is 43.9 Å². The predicted molar refractivity (Wildman–Crippen MR) is 230 cm³/mol. The Morgan fingerprint density at radius 2 is 1.67 bits per heavy atom. The van der Waals surface area contributed by atoms with Crippen molar-refractivity contribution in [3.05, 3.63) is 128 Å². The highest BCUT2D eigenvalue weighted by atomic mass is 35.5. The molecule has 0 spiro atoms. The van der Waals surface area contributed by atoms with Crippen LogP contribution in [0.15, 0.2) is 79.0 Å². The lowest BCUT2D eigenvalue weighted by Gasteiger charge is -2.34. The topological polar surface area (TPSA) is 98.3 Å². The van der Waals surface area contributed by atoms with Crippen LogP contribution in [0.1, 0.15) is 68.3 Å². The van der Waals surface area contributed by atoms with E-state index in [2.05, 4.69) is 22.3 Å². The van der Waals surface area contributed by atoms with Gasteiger partial charge in [0, 0.05) is 76.6 Å². The zero-order chi connectivity index (χ0) is 40.3. The van der Waals surface area contributed by atoms with E-state index < -0.39 is 0 Å². The number of para-hydroxylation sites is 1. The third-order valence-corrected chi connectivity index (χ3v) is 12.1. The van der Waals surface area contributed by atoms with Crippen LogP contribution >= 0.6 is 23.2 Å². The van der Waals surface area contributed by atoms with Gasteiger partial charge in [0.05, 0.1) is 34.2 Å². The van der Waals surface area contributed by atoms with Gasteiger partial charge in [-0.25, -0.2) is 0 Å². The van der Waals surface area contributed by atoms with Crippen molar-refractivity contribution in [2.24, 2.45) is 14.1 Å². The highest BCUT2D eigenvalue weighted by Gasteiger charge is 2.37. The second kappa shape index (κ2) is 15.0. The lowest BCUT2D eigenvalue weighted by Crippen LogP contribution is -2.42. The summed E-state index contributed by atoms with van der Waals surface area (Å²) in [5.74, 6) is 0.373. The number of nitrogens with one attached hydrogen (secondary N) is 2. The van der Waals surface area contributed by atoms with Gasteiger partial charge < -0.3 is 18.8 Å². The fraction of sp³-hybridized carbons (Fsp3) is 0.267. The van der Waals surface area contributed by atoms with Crippen molar-refractivity contribution in [3.8, 4) is 16.9 Å². The smallest absolute Gasteiger partial charge is 0.275 e. The fourth-order valence-corrected chi connectivity index (χ4v) is 8.74. The third kappa shape index (κ3) is 6.70. The van der Waals surface area contributed by atoms with Crippen molar-refractivity contribution in [1.82, 2.24) is 24.3 Å². The summed E-state index contributed by atoms with van der Waals surface area (Å²) in [6.07, 6.45) is 3.24. The van der Waals surface area contributed by atoms with Crippen molar-refractivity contribution < 1.29 is 14.3 Å². The summed E-state index contributed by atoms with van der Waals surface area (Å²) in [6, 6.07) is 22.8. The second-order valence-electron chi connectivity index (χ2n) is 15.1. The van der Waals surface area contributed by atoms with E-state index in [1.165, 1.54) is 0 Å². The SMILES string of the molecule is Cc1cc(OCCCc2c3n(c4c(-c5c(C)nn(C)c5C)c(Cl)ccc24)C(C)CN(c2cn(C)c4ccc(C(=O)NNc5ccccc5)cc24)C3=O)cc(C)c1Cl. The van der Waals surface area contributed by atoms with E-state index in [1.807, 2.05) is 129 Å². The van der Waals surface area contributed by atoms with Gasteiger partial charge in [0.15, 0.2) is 0 Å². The number of carbonyl (C=O) groups is 2. The fourth-order valence-electron chi connectivity index (χ4n) is 8.39. The molecule has 4 aromatic carbocycles. The Morgan fingerprint density at radius 1 is 0.930 bits per heavy atom. The van der Waals surface area contributed by atoms with Gasteiger partial charge >= 0.3 is 0 Å². The quantitative estimate of drug-likeness (QED) is 0.106. The van der Waals surface area contributed by atoms with Crippen LogP contribution in [0.3, 0.4) is 0 Å². The molecule has 3 aromatic heterocycles. The molecule has 0 aliphatic carbocycles. The van der Waals surface area contributed by atoms with Gasteiger partial charge in [-0.05, 0) is 113 Å². The molecule has 7 aromatic rings. The van der Waals surface area contributed by atoms with Gasteiger partial charge in [-0.2, -0.15) is 5.10 Å². The molecule has 2 amide bonds. The minimum Gasteiger partial charge on any atom is -0.494 e. The molecular weight excluding hydrogens is 757 g/mol. The Kier molecular flexibility index (Phi) is 10.0. The van der Waals surface area contributed by atoms with Crippen molar-refractivity contribution >= 4 is 68.2 Å². The normalized spacial score (nSPS) is 14.1. The number of hydrogen-bond donors (Lipinski definition) is 2. The molecular formula is C45H45Cl2N7O3. The number of ether oxygens (including phenoxy) is 1. The number of amides is 2. The highest BCUT2D eigenvalue weighted by Crippen LogP contribution is 2.46. The Labute approximate surface area is 341 Å². The lowest BCUT2D eigenvalue weighted by atomic mass is 9.98. The summed E-state index contributed by atoms with van der Waals surface area (Å²) in [7, 11) is 3.89. The van der Waals surface area contributed by atoms with Crippen LogP contribution in [0.5, 0.6) is 5.75 Å². The molecule has 2 N–H and O–H groups in total. The predicted octanol–water partition coefficient (Wildman–Crippen LogP) is 10.1. The van der Waals surface area contributed by atoms with E-state index in [4.69, 9.17) is 33.0 Å². The largest absolute Gasteiger partial charge is 0.494 e. The highest BCUT2D eigenvalue weighted by molar-refractivity contribution is 6.35. The average Bonchev–Trinajstić information content (AvgIpc) is 3.80. The van der Waals surface area contributed by atoms with Crippen LogP contribution in [0.2, 0.25) is 10.0 Å². The van der Waals surface area contributed by atoms with Crippen molar-refractivity contribution in [2.45, 2.75) is 53.5 Å². The summed E-state index contributed by atoms with van der Waals surface area (Å²) in [4.78, 5) is 30.5. The average molecular weight is 803 g/mol. The van der Waals surface area contributed by atoms with Gasteiger partial charge in [0.1, 0.15) is 11.4 Å². The molecule has 0 radical (unpaired) electrons. The molecule has 8 rings (SSSR count). The molecule has 0 fully saturated rings. The maximum absolute atomic E-state index is 15.2. The zero-order valence-corrected chi connectivity index (χ0v) is 34.6. The molecule has 12 heteroatoms. The Balaban J connectivity index is 1.21. The number of hydrogen-bond acceptors (Lipinski definition) is 5. The number of nitrogens with zero attached hydrogens (tertiary/aromatic N) is 5. The Morgan fingerprint density at radius 3 is 2.37 bits per heavy atom. The maximum atomic E-state index is 15.2. The van der Waals surface area contributed by atoms with Crippen LogP contribution in [0, 0.1) is 27.7 Å². The number of carbonyl (C=O) groups excluding carboxylic acids is 2. The molecule has 0 saturated carbocycles. The van der Waals surface area contributed by atoms with E-state index in [0.29, 0.717) is 42.3 Å². The number of anilines is 2. The summed E-state index contributed by atoms with van der Waals surface area (Å²) >= 11 is 13.6. The molecule has 1 aliphatic heterocycles. The number of halogens is 2. The Hall–Kier alpha value is -5.71. The number of hydrazine groups is 1. The summed E-state index contributed by atoms with van der Waals surface area (Å²) in [5, 5.41) is 7.88. The van der Waals surface area contributed by atoms with Crippen molar-refractivity contribution in [2.75, 3.05) is 23.5 Å². The molecule has 1 atom stereocenters. The summed E-state index contributed by atoms with van der Waals surface area (Å²) in [5.41, 5.74) is 16.8. The monoisotopic (exact) mass is 801 g/mol. The van der Waals surface area contributed by atoms with Gasteiger partial charge in [-0.15, -0.1) is 0 Å². The van der Waals surface area contributed by atoms with E-state index in [0.717, 1.165) is 83.2 Å². The van der Waals surface area contributed by atoms with E-state index in [1.54, 1.807) is 6.07 Å². The first-order valence-corrected chi connectivity index (χ1v) is 19.9. The Bertz CT molecular complexity index is 2710. The van der Waals surface area contributed by atoms with E-state index >= 15 is 4.79 Å². The number of fused-ring (bicyclic) bond motifs is 4. The standard InChI is InChI=1S/C45H45Cl2N7O3/c1-25-20-32(21-26(2)41(25)47)57-19-11-14-33-34-16-17-36(46)40(39-28(4)50-52(7)29(39)5)42(34)54-27(3)23-53(45(56)43(33)54)38-24-51(6)37-18-15-30(22-35(37)38)44(55)49-48-31-12-9-8-10-13-31/h8-10,12-13,15-18,20-22,24,27,48H,11,14,19,23H2,1-7H3,(H,49,55). The number of rotatable bonds is 10. The lowest BCUT2D eigenvalue weighted by molar-refractivity contribution is 0.0952. The van der Waals surface area contributed by atoms with Crippen LogP contribution in [0.4, 0.5) is 11.4 Å². The molecule has 10 nitrogen and oxygen atoms in total. The van der Waals surface area contributed by atoms with Crippen molar-refractivity contribution in [1.29, 1.82) is 0 Å². The molecule has 1 unspecified atom stereocenters. The molecule has 0 saturated heterocycles. The van der Waals surface area contributed by atoms with Crippen LogP contribution < -0.4 is 20.5 Å². The third-order valence-electron chi connectivity index (χ3n) is 11.2. The van der Waals surface area contributed by atoms with Crippen LogP contribution in [0.25, 0.3) is 32.9 Å². The molecule has 292 valence electrons. The van der Waals surface area contributed by atoms with Gasteiger partial charge in [-0.3, -0.25) is 25.1 Å². The van der Waals surface area contributed by atoms with Gasteiger partial charge in [0.25, 0.3) is 11.8 Å². The minimum absolute atomic E-state index is 0.112. The molecule has 1 aliphatic rings. The summed E-state index contributed by atoms with van der Waals surface area (Å²) in [6.45, 7) is 11.0. The molecule has 0 bridgehead atoms.